The van der Waals surface area contributed by atoms with E-state index in [9.17, 15) is 10.1 Å². The Bertz CT molecular complexity index is 928. The molecule has 1 amide bonds. The van der Waals surface area contributed by atoms with Crippen LogP contribution in [0.1, 0.15) is 20.8 Å². The van der Waals surface area contributed by atoms with Crippen LogP contribution >= 0.6 is 23.1 Å². The number of thiazole rings is 1. The van der Waals surface area contributed by atoms with Crippen LogP contribution in [0.3, 0.4) is 0 Å². The molecule has 0 aliphatic carbocycles. The number of amides is 1. The molecular formula is C18H13N3OS2. The topological polar surface area (TPSA) is 65.8 Å². The van der Waals surface area contributed by atoms with E-state index >= 15 is 0 Å². The molecule has 0 radical (unpaired) electrons. The first-order valence-electron chi connectivity index (χ1n) is 7.17. The van der Waals surface area contributed by atoms with Crippen molar-refractivity contribution in [3.8, 4) is 6.07 Å². The van der Waals surface area contributed by atoms with Crippen LogP contribution in [0.4, 0.5) is 5.13 Å². The van der Waals surface area contributed by atoms with E-state index in [0.29, 0.717) is 16.3 Å². The number of hydrogen-bond donors (Lipinski definition) is 1. The van der Waals surface area contributed by atoms with Gasteiger partial charge in [0.15, 0.2) is 5.13 Å². The van der Waals surface area contributed by atoms with Crippen molar-refractivity contribution in [2.45, 2.75) is 16.7 Å². The van der Waals surface area contributed by atoms with E-state index in [-0.39, 0.29) is 5.91 Å². The van der Waals surface area contributed by atoms with E-state index in [1.807, 2.05) is 43.3 Å². The van der Waals surface area contributed by atoms with Crippen LogP contribution in [-0.4, -0.2) is 10.9 Å². The second kappa shape index (κ2) is 7.30. The maximum absolute atomic E-state index is 12.6. The molecule has 0 unspecified atom stereocenters. The molecule has 0 atom stereocenters. The fourth-order valence-electron chi connectivity index (χ4n) is 2.09. The van der Waals surface area contributed by atoms with Gasteiger partial charge in [-0.25, -0.2) is 4.98 Å². The summed E-state index contributed by atoms with van der Waals surface area (Å²) in [5.74, 6) is -0.207. The molecule has 2 aromatic carbocycles. The molecule has 3 aromatic rings. The van der Waals surface area contributed by atoms with Crippen molar-refractivity contribution in [2.24, 2.45) is 0 Å². The SMILES string of the molecule is Cc1cnc(NC(=O)c2ccccc2Sc2ccccc2C#N)s1. The van der Waals surface area contributed by atoms with E-state index in [1.54, 1.807) is 18.3 Å². The molecule has 4 nitrogen and oxygen atoms in total. The summed E-state index contributed by atoms with van der Waals surface area (Å²) in [4.78, 5) is 19.4. The van der Waals surface area contributed by atoms with Gasteiger partial charge >= 0.3 is 0 Å². The molecule has 0 fully saturated rings. The third kappa shape index (κ3) is 3.65. The normalized spacial score (nSPS) is 10.2. The lowest BCUT2D eigenvalue weighted by Gasteiger charge is -2.09. The fraction of sp³-hybridized carbons (Fsp3) is 0.0556. The quantitative estimate of drug-likeness (QED) is 0.738. The third-order valence-electron chi connectivity index (χ3n) is 3.20. The Hall–Kier alpha value is -2.62. The Balaban J connectivity index is 1.88. The number of benzene rings is 2. The van der Waals surface area contributed by atoms with Crippen molar-refractivity contribution >= 4 is 34.1 Å². The number of aromatic nitrogens is 1. The molecule has 0 spiro atoms. The van der Waals surface area contributed by atoms with Crippen LogP contribution in [-0.2, 0) is 0 Å². The van der Waals surface area contributed by atoms with Crippen molar-refractivity contribution in [2.75, 3.05) is 5.32 Å². The van der Waals surface area contributed by atoms with Gasteiger partial charge < -0.3 is 0 Å². The maximum atomic E-state index is 12.6. The van der Waals surface area contributed by atoms with Crippen molar-refractivity contribution in [3.05, 3.63) is 70.7 Å². The van der Waals surface area contributed by atoms with Gasteiger partial charge in [-0.05, 0) is 31.2 Å². The van der Waals surface area contributed by atoms with Gasteiger partial charge in [0.05, 0.1) is 11.1 Å². The average molecular weight is 351 g/mol. The summed E-state index contributed by atoms with van der Waals surface area (Å²) >= 11 is 2.84. The summed E-state index contributed by atoms with van der Waals surface area (Å²) in [5.41, 5.74) is 1.15. The summed E-state index contributed by atoms with van der Waals surface area (Å²) < 4.78 is 0. The van der Waals surface area contributed by atoms with E-state index in [2.05, 4.69) is 16.4 Å². The number of aryl methyl sites for hydroxylation is 1. The van der Waals surface area contributed by atoms with E-state index < -0.39 is 0 Å². The lowest BCUT2D eigenvalue weighted by molar-refractivity contribution is 0.102. The first kappa shape index (κ1) is 16.2. The predicted molar refractivity (Wildman–Crippen MR) is 96.5 cm³/mol. The van der Waals surface area contributed by atoms with Crippen molar-refractivity contribution in [3.63, 3.8) is 0 Å². The van der Waals surface area contributed by atoms with Crippen LogP contribution < -0.4 is 5.32 Å². The lowest BCUT2D eigenvalue weighted by atomic mass is 10.2. The lowest BCUT2D eigenvalue weighted by Crippen LogP contribution is -2.12. The van der Waals surface area contributed by atoms with E-state index in [0.717, 1.165) is 14.7 Å². The summed E-state index contributed by atoms with van der Waals surface area (Å²) in [6.45, 7) is 1.94. The molecule has 1 N–H and O–H groups in total. The highest BCUT2D eigenvalue weighted by atomic mass is 32.2. The predicted octanol–water partition coefficient (Wildman–Crippen LogP) is 4.73. The second-order valence-corrected chi connectivity index (χ2v) is 7.25. The van der Waals surface area contributed by atoms with Crippen LogP contribution in [0, 0.1) is 18.3 Å². The van der Waals surface area contributed by atoms with Gasteiger partial charge in [0.1, 0.15) is 6.07 Å². The van der Waals surface area contributed by atoms with Gasteiger partial charge in [-0.15, -0.1) is 11.3 Å². The molecule has 6 heteroatoms. The monoisotopic (exact) mass is 351 g/mol. The van der Waals surface area contributed by atoms with Gasteiger partial charge in [0.2, 0.25) is 0 Å². The minimum Gasteiger partial charge on any atom is -0.298 e. The molecule has 0 aliphatic heterocycles. The Labute approximate surface area is 148 Å². The second-order valence-electron chi connectivity index (χ2n) is 4.94. The van der Waals surface area contributed by atoms with Gasteiger partial charge in [-0.3, -0.25) is 10.1 Å². The molecule has 118 valence electrons. The Morgan fingerprint density at radius 1 is 1.17 bits per heavy atom. The Morgan fingerprint density at radius 3 is 2.58 bits per heavy atom. The zero-order valence-electron chi connectivity index (χ0n) is 12.8. The fourth-order valence-corrected chi connectivity index (χ4v) is 3.77. The number of carbonyl (C=O) groups is 1. The largest absolute Gasteiger partial charge is 0.298 e. The summed E-state index contributed by atoms with van der Waals surface area (Å²) in [5, 5.41) is 12.6. The number of rotatable bonds is 4. The van der Waals surface area contributed by atoms with Crippen molar-refractivity contribution < 1.29 is 4.79 Å². The summed E-state index contributed by atoms with van der Waals surface area (Å²) in [6.07, 6.45) is 1.73. The van der Waals surface area contributed by atoms with Crippen LogP contribution in [0.2, 0.25) is 0 Å². The molecule has 0 bridgehead atoms. The molecule has 1 heterocycles. The highest BCUT2D eigenvalue weighted by molar-refractivity contribution is 7.99. The van der Waals surface area contributed by atoms with Crippen LogP contribution in [0.5, 0.6) is 0 Å². The average Bonchev–Trinajstić information content (AvgIpc) is 3.00. The minimum atomic E-state index is -0.207. The number of nitrogens with zero attached hydrogens (tertiary/aromatic N) is 2. The van der Waals surface area contributed by atoms with E-state index in [4.69, 9.17) is 0 Å². The zero-order chi connectivity index (χ0) is 16.9. The first-order valence-corrected chi connectivity index (χ1v) is 8.80. The van der Waals surface area contributed by atoms with Gasteiger partial charge in [-0.1, -0.05) is 36.0 Å². The number of hydrogen-bond acceptors (Lipinski definition) is 5. The standard InChI is InChI=1S/C18H13N3OS2/c1-12-11-20-18(23-12)21-17(22)14-7-3-5-9-16(14)24-15-8-4-2-6-13(15)10-19/h2-9,11H,1H3,(H,20,21,22). The minimum absolute atomic E-state index is 0.207. The van der Waals surface area contributed by atoms with Crippen LogP contribution in [0.15, 0.2) is 64.5 Å². The molecule has 0 aliphatic rings. The first-order chi connectivity index (χ1) is 11.7. The zero-order valence-corrected chi connectivity index (χ0v) is 14.4. The number of anilines is 1. The summed E-state index contributed by atoms with van der Waals surface area (Å²) in [7, 11) is 0. The molecule has 24 heavy (non-hydrogen) atoms. The number of nitrogens with one attached hydrogen (secondary N) is 1. The molecule has 1 aromatic heterocycles. The van der Waals surface area contributed by atoms with Crippen molar-refractivity contribution in [1.82, 2.24) is 4.98 Å². The smallest absolute Gasteiger partial charge is 0.258 e. The van der Waals surface area contributed by atoms with E-state index in [1.165, 1.54) is 23.1 Å². The highest BCUT2D eigenvalue weighted by Gasteiger charge is 2.14. The molecule has 0 saturated carbocycles. The Kier molecular flexibility index (Phi) is 4.94. The maximum Gasteiger partial charge on any atom is 0.258 e. The van der Waals surface area contributed by atoms with Crippen LogP contribution in [0.25, 0.3) is 0 Å². The Morgan fingerprint density at radius 2 is 1.88 bits per heavy atom. The van der Waals surface area contributed by atoms with Crippen molar-refractivity contribution in [1.29, 1.82) is 5.26 Å². The molecular weight excluding hydrogens is 338 g/mol. The van der Waals surface area contributed by atoms with Gasteiger partial charge in [0, 0.05) is 20.9 Å². The van der Waals surface area contributed by atoms with Gasteiger partial charge in [0.25, 0.3) is 5.91 Å². The third-order valence-corrected chi connectivity index (χ3v) is 5.18. The molecule has 0 saturated heterocycles. The molecule has 3 rings (SSSR count). The summed E-state index contributed by atoms with van der Waals surface area (Å²) in [6, 6.07) is 16.9. The number of carbonyl (C=O) groups excluding carboxylic acids is 1. The highest BCUT2D eigenvalue weighted by Crippen LogP contribution is 2.33. The number of nitriles is 1. The van der Waals surface area contributed by atoms with Gasteiger partial charge in [-0.2, -0.15) is 5.26 Å².